The Labute approximate surface area is 106 Å². The molecule has 0 rings (SSSR count). The minimum Gasteiger partial charge on any atom is -0.466 e. The van der Waals surface area contributed by atoms with Crippen molar-refractivity contribution in [3.05, 3.63) is 12.7 Å². The molecule has 0 N–H and O–H groups in total. The second-order valence-corrected chi connectivity index (χ2v) is 4.52. The highest BCUT2D eigenvalue weighted by Crippen LogP contribution is 2.08. The largest absolute Gasteiger partial charge is 0.466 e. The molecule has 0 spiro atoms. The zero-order chi connectivity index (χ0) is 12.8. The van der Waals surface area contributed by atoms with E-state index in [1.54, 1.807) is 0 Å². The minimum atomic E-state index is -0.0445. The topological polar surface area (TPSA) is 26.3 Å². The molecule has 100 valence electrons. The summed E-state index contributed by atoms with van der Waals surface area (Å²) in [7, 11) is 0. The van der Waals surface area contributed by atoms with Gasteiger partial charge in [-0.1, -0.05) is 45.1 Å². The highest BCUT2D eigenvalue weighted by molar-refractivity contribution is 5.69. The van der Waals surface area contributed by atoms with Crippen molar-refractivity contribution in [1.82, 2.24) is 0 Å². The molecule has 0 atom stereocenters. The van der Waals surface area contributed by atoms with Crippen LogP contribution in [-0.4, -0.2) is 12.6 Å². The van der Waals surface area contributed by atoms with Gasteiger partial charge < -0.3 is 4.74 Å². The molecule has 0 saturated carbocycles. The second kappa shape index (κ2) is 13.3. The SMILES string of the molecule is C=CCCCCCCCCCOC(=O)CCC. The van der Waals surface area contributed by atoms with Gasteiger partial charge >= 0.3 is 5.97 Å². The van der Waals surface area contributed by atoms with Crippen LogP contribution in [0.1, 0.15) is 71.1 Å². The smallest absolute Gasteiger partial charge is 0.305 e. The van der Waals surface area contributed by atoms with Crippen molar-refractivity contribution in [3.8, 4) is 0 Å². The van der Waals surface area contributed by atoms with Gasteiger partial charge in [0.2, 0.25) is 0 Å². The standard InChI is InChI=1S/C15H28O2/c1-3-5-6-7-8-9-10-11-12-14-17-15(16)13-4-2/h3H,1,4-14H2,2H3. The predicted octanol–water partition coefficient (Wildman–Crippen LogP) is 4.64. The van der Waals surface area contributed by atoms with Crippen molar-refractivity contribution in [1.29, 1.82) is 0 Å². The number of esters is 1. The molecule has 0 aromatic heterocycles. The van der Waals surface area contributed by atoms with Gasteiger partial charge in [0.1, 0.15) is 0 Å². The van der Waals surface area contributed by atoms with Crippen LogP contribution in [0.4, 0.5) is 0 Å². The third-order valence-electron chi connectivity index (χ3n) is 2.77. The molecule has 0 amide bonds. The van der Waals surface area contributed by atoms with Crippen LogP contribution < -0.4 is 0 Å². The Kier molecular flexibility index (Phi) is 12.7. The van der Waals surface area contributed by atoms with Gasteiger partial charge in [0, 0.05) is 6.42 Å². The van der Waals surface area contributed by atoms with Crippen LogP contribution in [0.2, 0.25) is 0 Å². The molecule has 0 bridgehead atoms. The highest BCUT2D eigenvalue weighted by atomic mass is 16.5. The van der Waals surface area contributed by atoms with Gasteiger partial charge in [-0.3, -0.25) is 4.79 Å². The predicted molar refractivity (Wildman–Crippen MR) is 73.0 cm³/mol. The van der Waals surface area contributed by atoms with E-state index >= 15 is 0 Å². The lowest BCUT2D eigenvalue weighted by molar-refractivity contribution is -0.143. The monoisotopic (exact) mass is 240 g/mol. The van der Waals surface area contributed by atoms with Crippen LogP contribution in [0, 0.1) is 0 Å². The Morgan fingerprint density at radius 2 is 1.65 bits per heavy atom. The van der Waals surface area contributed by atoms with E-state index in [-0.39, 0.29) is 5.97 Å². The fraction of sp³-hybridized carbons (Fsp3) is 0.800. The fourth-order valence-corrected chi connectivity index (χ4v) is 1.74. The third kappa shape index (κ3) is 13.1. The van der Waals surface area contributed by atoms with Gasteiger partial charge in [-0.25, -0.2) is 0 Å². The van der Waals surface area contributed by atoms with Crippen molar-refractivity contribution < 1.29 is 9.53 Å². The average Bonchev–Trinajstić information content (AvgIpc) is 2.32. The van der Waals surface area contributed by atoms with E-state index in [0.29, 0.717) is 13.0 Å². The molecule has 0 aliphatic heterocycles. The molecule has 0 unspecified atom stereocenters. The maximum atomic E-state index is 11.0. The summed E-state index contributed by atoms with van der Waals surface area (Å²) in [4.78, 5) is 11.0. The van der Waals surface area contributed by atoms with Crippen molar-refractivity contribution >= 4 is 5.97 Å². The number of ether oxygens (including phenoxy) is 1. The van der Waals surface area contributed by atoms with Crippen LogP contribution >= 0.6 is 0 Å². The van der Waals surface area contributed by atoms with E-state index in [1.807, 2.05) is 13.0 Å². The molecule has 0 aromatic rings. The number of unbranched alkanes of at least 4 members (excludes halogenated alkanes) is 7. The molecule has 0 aromatic carbocycles. The van der Waals surface area contributed by atoms with Crippen LogP contribution in [0.15, 0.2) is 12.7 Å². The van der Waals surface area contributed by atoms with E-state index in [2.05, 4.69) is 6.58 Å². The maximum absolute atomic E-state index is 11.0. The highest BCUT2D eigenvalue weighted by Gasteiger charge is 1.99. The molecule has 0 saturated heterocycles. The summed E-state index contributed by atoms with van der Waals surface area (Å²) < 4.78 is 5.09. The quantitative estimate of drug-likeness (QED) is 0.282. The first-order valence-corrected chi connectivity index (χ1v) is 7.07. The zero-order valence-electron chi connectivity index (χ0n) is 11.4. The van der Waals surface area contributed by atoms with E-state index in [1.165, 1.54) is 38.5 Å². The Balaban J connectivity index is 3.03. The average molecular weight is 240 g/mol. The van der Waals surface area contributed by atoms with Crippen LogP contribution in [0.3, 0.4) is 0 Å². The summed E-state index contributed by atoms with van der Waals surface area (Å²) in [6.45, 7) is 6.31. The van der Waals surface area contributed by atoms with E-state index in [4.69, 9.17) is 4.74 Å². The molecular weight excluding hydrogens is 212 g/mol. The number of allylic oxidation sites excluding steroid dienone is 1. The van der Waals surface area contributed by atoms with Gasteiger partial charge in [0.15, 0.2) is 0 Å². The molecule has 0 aliphatic carbocycles. The number of hydrogen-bond donors (Lipinski definition) is 0. The van der Waals surface area contributed by atoms with Gasteiger partial charge in [-0.05, 0) is 25.7 Å². The second-order valence-electron chi connectivity index (χ2n) is 4.52. The summed E-state index contributed by atoms with van der Waals surface area (Å²) in [6, 6.07) is 0. The molecule has 0 fully saturated rings. The van der Waals surface area contributed by atoms with Gasteiger partial charge in [-0.15, -0.1) is 6.58 Å². The normalized spacial score (nSPS) is 10.2. The van der Waals surface area contributed by atoms with Crippen LogP contribution in [0.25, 0.3) is 0 Å². The van der Waals surface area contributed by atoms with Crippen LogP contribution in [-0.2, 0) is 9.53 Å². The molecule has 0 aliphatic rings. The fourth-order valence-electron chi connectivity index (χ4n) is 1.74. The van der Waals surface area contributed by atoms with Gasteiger partial charge in [-0.2, -0.15) is 0 Å². The maximum Gasteiger partial charge on any atom is 0.305 e. The lowest BCUT2D eigenvalue weighted by atomic mass is 10.1. The third-order valence-corrected chi connectivity index (χ3v) is 2.77. The minimum absolute atomic E-state index is 0.0445. The molecule has 0 radical (unpaired) electrons. The molecule has 2 heteroatoms. The summed E-state index contributed by atoms with van der Waals surface area (Å²) in [5.74, 6) is -0.0445. The van der Waals surface area contributed by atoms with Gasteiger partial charge in [0.05, 0.1) is 6.61 Å². The van der Waals surface area contributed by atoms with Gasteiger partial charge in [0.25, 0.3) is 0 Å². The number of carbonyl (C=O) groups is 1. The Hall–Kier alpha value is -0.790. The number of hydrogen-bond acceptors (Lipinski definition) is 2. The number of carbonyl (C=O) groups excluding carboxylic acids is 1. The molecule has 17 heavy (non-hydrogen) atoms. The zero-order valence-corrected chi connectivity index (χ0v) is 11.4. The Morgan fingerprint density at radius 3 is 2.24 bits per heavy atom. The Bertz CT molecular complexity index is 187. The van der Waals surface area contributed by atoms with Crippen molar-refractivity contribution in [2.24, 2.45) is 0 Å². The molecule has 0 heterocycles. The molecular formula is C15H28O2. The van der Waals surface area contributed by atoms with E-state index in [9.17, 15) is 4.79 Å². The summed E-state index contributed by atoms with van der Waals surface area (Å²) in [5.41, 5.74) is 0. The van der Waals surface area contributed by atoms with Crippen molar-refractivity contribution in [3.63, 3.8) is 0 Å². The van der Waals surface area contributed by atoms with E-state index in [0.717, 1.165) is 19.3 Å². The molecule has 2 nitrogen and oxygen atoms in total. The summed E-state index contributed by atoms with van der Waals surface area (Å²) in [6.07, 6.45) is 13.3. The van der Waals surface area contributed by atoms with Crippen LogP contribution in [0.5, 0.6) is 0 Å². The van der Waals surface area contributed by atoms with E-state index < -0.39 is 0 Å². The Morgan fingerprint density at radius 1 is 1.06 bits per heavy atom. The van der Waals surface area contributed by atoms with Crippen molar-refractivity contribution in [2.75, 3.05) is 6.61 Å². The first kappa shape index (κ1) is 16.2. The lowest BCUT2D eigenvalue weighted by Crippen LogP contribution is -2.04. The van der Waals surface area contributed by atoms with Crippen molar-refractivity contribution in [2.45, 2.75) is 71.1 Å². The summed E-state index contributed by atoms with van der Waals surface area (Å²) >= 11 is 0. The number of rotatable bonds is 12. The first-order valence-electron chi connectivity index (χ1n) is 7.07. The first-order chi connectivity index (χ1) is 8.31. The summed E-state index contributed by atoms with van der Waals surface area (Å²) in [5, 5.41) is 0. The lowest BCUT2D eigenvalue weighted by Gasteiger charge is -2.04.